The third-order valence-corrected chi connectivity index (χ3v) is 3.95. The Balaban J connectivity index is 1.73. The molecule has 0 saturated carbocycles. The number of nitrogens with zero attached hydrogens (tertiary/aromatic N) is 2. The maximum Gasteiger partial charge on any atom is 0.114 e. The highest BCUT2D eigenvalue weighted by atomic mass is 16.5. The largest absolute Gasteiger partial charge is 0.380 e. The summed E-state index contributed by atoms with van der Waals surface area (Å²) in [6.45, 7) is 6.82. The van der Waals surface area contributed by atoms with Gasteiger partial charge in [0.05, 0.1) is 12.3 Å². The van der Waals surface area contributed by atoms with E-state index in [0.29, 0.717) is 18.1 Å². The van der Waals surface area contributed by atoms with Gasteiger partial charge in [0.2, 0.25) is 0 Å². The molecule has 0 aromatic carbocycles. The normalized spacial score (nSPS) is 31.4. The molecule has 1 N–H and O–H groups in total. The van der Waals surface area contributed by atoms with Crippen molar-refractivity contribution in [2.75, 3.05) is 19.8 Å². The van der Waals surface area contributed by atoms with Gasteiger partial charge in [0.1, 0.15) is 6.10 Å². The molecule has 2 saturated heterocycles. The lowest BCUT2D eigenvalue weighted by atomic mass is 10.1. The third kappa shape index (κ3) is 2.68. The lowest BCUT2D eigenvalue weighted by Gasteiger charge is -2.24. The molecule has 0 aliphatic carbocycles. The van der Waals surface area contributed by atoms with Crippen molar-refractivity contribution in [1.29, 1.82) is 0 Å². The van der Waals surface area contributed by atoms with Crippen LogP contribution in [0.3, 0.4) is 0 Å². The number of hydrogen-bond acceptors (Lipinski definition) is 4. The minimum absolute atomic E-state index is 0.116. The van der Waals surface area contributed by atoms with Gasteiger partial charge in [-0.15, -0.1) is 0 Å². The maximum absolute atomic E-state index is 5.95. The summed E-state index contributed by atoms with van der Waals surface area (Å²) in [6, 6.07) is 3.30. The summed E-state index contributed by atoms with van der Waals surface area (Å²) in [7, 11) is 0. The Hall–Kier alpha value is -0.910. The first-order valence-electron chi connectivity index (χ1n) is 7.24. The van der Waals surface area contributed by atoms with E-state index in [-0.39, 0.29) is 6.10 Å². The number of aromatic nitrogens is 2. The minimum atomic E-state index is 0.116. The fourth-order valence-corrected chi connectivity index (χ4v) is 3.00. The van der Waals surface area contributed by atoms with E-state index < -0.39 is 0 Å². The van der Waals surface area contributed by atoms with Gasteiger partial charge in [0, 0.05) is 37.5 Å². The summed E-state index contributed by atoms with van der Waals surface area (Å²) >= 11 is 0. The Kier molecular flexibility index (Phi) is 3.86. The highest BCUT2D eigenvalue weighted by molar-refractivity contribution is 5.11. The van der Waals surface area contributed by atoms with Crippen LogP contribution in [0, 0.1) is 0 Å². The first-order valence-corrected chi connectivity index (χ1v) is 7.24. The monoisotopic (exact) mass is 265 g/mol. The fraction of sp³-hybridized carbons (Fsp3) is 0.786. The zero-order valence-electron chi connectivity index (χ0n) is 11.7. The van der Waals surface area contributed by atoms with Crippen molar-refractivity contribution in [3.63, 3.8) is 0 Å². The van der Waals surface area contributed by atoms with Crippen molar-refractivity contribution in [2.45, 2.75) is 50.9 Å². The van der Waals surface area contributed by atoms with Gasteiger partial charge in [0.25, 0.3) is 0 Å². The van der Waals surface area contributed by atoms with E-state index in [0.717, 1.165) is 32.7 Å². The van der Waals surface area contributed by atoms with Crippen LogP contribution in [0.15, 0.2) is 12.3 Å². The highest BCUT2D eigenvalue weighted by Gasteiger charge is 2.34. The second-order valence-corrected chi connectivity index (χ2v) is 5.71. The SMILES string of the molecule is CC(C)n1nccc1[C@H]1OCC[C@@H]1N[C@@H]1CCOC1. The molecular formula is C14H23N3O2. The lowest BCUT2D eigenvalue weighted by Crippen LogP contribution is -2.40. The van der Waals surface area contributed by atoms with E-state index in [9.17, 15) is 0 Å². The first kappa shape index (κ1) is 13.1. The van der Waals surface area contributed by atoms with Crippen LogP contribution in [0.1, 0.15) is 44.5 Å². The molecule has 1 aromatic heterocycles. The van der Waals surface area contributed by atoms with E-state index in [4.69, 9.17) is 9.47 Å². The predicted octanol–water partition coefficient (Wildman–Crippen LogP) is 1.67. The van der Waals surface area contributed by atoms with Crippen LogP contribution in [-0.2, 0) is 9.47 Å². The van der Waals surface area contributed by atoms with Gasteiger partial charge in [-0.1, -0.05) is 0 Å². The lowest BCUT2D eigenvalue weighted by molar-refractivity contribution is 0.0869. The van der Waals surface area contributed by atoms with E-state index >= 15 is 0 Å². The van der Waals surface area contributed by atoms with E-state index in [2.05, 4.69) is 35.0 Å². The molecule has 0 unspecified atom stereocenters. The van der Waals surface area contributed by atoms with Gasteiger partial charge in [0.15, 0.2) is 0 Å². The molecule has 2 aliphatic rings. The summed E-state index contributed by atoms with van der Waals surface area (Å²) in [5.74, 6) is 0. The highest BCUT2D eigenvalue weighted by Crippen LogP contribution is 2.31. The van der Waals surface area contributed by atoms with Gasteiger partial charge >= 0.3 is 0 Å². The predicted molar refractivity (Wildman–Crippen MR) is 72.1 cm³/mol. The Bertz CT molecular complexity index is 413. The van der Waals surface area contributed by atoms with Crippen LogP contribution < -0.4 is 5.32 Å². The van der Waals surface area contributed by atoms with E-state index in [1.54, 1.807) is 0 Å². The number of ether oxygens (including phenoxy) is 2. The summed E-state index contributed by atoms with van der Waals surface area (Å²) < 4.78 is 13.4. The molecule has 5 nitrogen and oxygen atoms in total. The third-order valence-electron chi connectivity index (χ3n) is 3.95. The summed E-state index contributed by atoms with van der Waals surface area (Å²) in [5, 5.41) is 8.10. The first-order chi connectivity index (χ1) is 9.25. The quantitative estimate of drug-likeness (QED) is 0.899. The van der Waals surface area contributed by atoms with Crippen LogP contribution in [-0.4, -0.2) is 41.7 Å². The molecule has 0 bridgehead atoms. The molecule has 106 valence electrons. The Morgan fingerprint density at radius 1 is 1.37 bits per heavy atom. The molecule has 3 rings (SSSR count). The molecule has 3 atom stereocenters. The second kappa shape index (κ2) is 5.61. The summed E-state index contributed by atoms with van der Waals surface area (Å²) in [5.41, 5.74) is 1.18. The number of rotatable bonds is 4. The van der Waals surface area contributed by atoms with Gasteiger partial charge in [-0.05, 0) is 32.8 Å². The van der Waals surface area contributed by atoms with Crippen molar-refractivity contribution in [2.24, 2.45) is 0 Å². The second-order valence-electron chi connectivity index (χ2n) is 5.71. The zero-order valence-corrected chi connectivity index (χ0v) is 11.7. The number of hydrogen-bond donors (Lipinski definition) is 1. The van der Waals surface area contributed by atoms with Gasteiger partial charge in [-0.2, -0.15) is 5.10 Å². The molecule has 5 heteroatoms. The Morgan fingerprint density at radius 3 is 3.00 bits per heavy atom. The molecule has 2 fully saturated rings. The summed E-state index contributed by atoms with van der Waals surface area (Å²) in [4.78, 5) is 0. The topological polar surface area (TPSA) is 48.3 Å². The van der Waals surface area contributed by atoms with Crippen LogP contribution in [0.5, 0.6) is 0 Å². The van der Waals surface area contributed by atoms with Gasteiger partial charge in [-0.3, -0.25) is 4.68 Å². The fourth-order valence-electron chi connectivity index (χ4n) is 3.00. The molecule has 0 amide bonds. The van der Waals surface area contributed by atoms with E-state index in [1.807, 2.05) is 6.20 Å². The van der Waals surface area contributed by atoms with Crippen LogP contribution in [0.4, 0.5) is 0 Å². The van der Waals surface area contributed by atoms with E-state index in [1.165, 1.54) is 5.69 Å². The van der Waals surface area contributed by atoms with Crippen LogP contribution in [0.25, 0.3) is 0 Å². The molecule has 0 spiro atoms. The number of nitrogens with one attached hydrogen (secondary N) is 1. The smallest absolute Gasteiger partial charge is 0.114 e. The Morgan fingerprint density at radius 2 is 2.26 bits per heavy atom. The molecule has 19 heavy (non-hydrogen) atoms. The van der Waals surface area contributed by atoms with Gasteiger partial charge < -0.3 is 14.8 Å². The molecular weight excluding hydrogens is 242 g/mol. The molecule has 1 aromatic rings. The Labute approximate surface area is 114 Å². The molecule has 3 heterocycles. The van der Waals surface area contributed by atoms with Crippen molar-refractivity contribution in [3.8, 4) is 0 Å². The van der Waals surface area contributed by atoms with Crippen molar-refractivity contribution in [1.82, 2.24) is 15.1 Å². The van der Waals surface area contributed by atoms with Crippen LogP contribution in [0.2, 0.25) is 0 Å². The molecule has 2 aliphatic heterocycles. The zero-order chi connectivity index (χ0) is 13.2. The summed E-state index contributed by atoms with van der Waals surface area (Å²) in [6.07, 6.45) is 4.15. The molecule has 0 radical (unpaired) electrons. The van der Waals surface area contributed by atoms with Gasteiger partial charge in [-0.25, -0.2) is 0 Å². The van der Waals surface area contributed by atoms with Crippen molar-refractivity contribution >= 4 is 0 Å². The standard InChI is InChI=1S/C14H23N3O2/c1-10(2)17-13(3-6-15-17)14-12(5-8-19-14)16-11-4-7-18-9-11/h3,6,10-12,14,16H,4-5,7-9H2,1-2H3/t11-,12+,14+/m1/s1. The average Bonchev–Trinajstić information content (AvgIpc) is 3.08. The van der Waals surface area contributed by atoms with Crippen LogP contribution >= 0.6 is 0 Å². The minimum Gasteiger partial charge on any atom is -0.380 e. The average molecular weight is 265 g/mol. The van der Waals surface area contributed by atoms with Crippen molar-refractivity contribution in [3.05, 3.63) is 18.0 Å². The maximum atomic E-state index is 5.95. The van der Waals surface area contributed by atoms with Crippen molar-refractivity contribution < 1.29 is 9.47 Å².